The fraction of sp³-hybridized carbons (Fsp3) is 0.917. The molecule has 2 heterocycles. The molecule has 114 valence electrons. The third-order valence-corrected chi connectivity index (χ3v) is 4.58. The van der Waals surface area contributed by atoms with Crippen LogP contribution in [0.2, 0.25) is 0 Å². The van der Waals surface area contributed by atoms with Gasteiger partial charge in [0.1, 0.15) is 0 Å². The average molecular weight is 330 g/mol. The van der Waals surface area contributed by atoms with Crippen molar-refractivity contribution in [1.82, 2.24) is 15.5 Å². The second-order valence-corrected chi connectivity index (χ2v) is 6.12. The molecule has 0 aromatic heterocycles. The van der Waals surface area contributed by atoms with Crippen LogP contribution in [0, 0.1) is 5.92 Å². The zero-order valence-electron chi connectivity index (χ0n) is 11.4. The van der Waals surface area contributed by atoms with Crippen LogP contribution >= 0.6 is 36.6 Å². The monoisotopic (exact) mass is 329 g/mol. The summed E-state index contributed by atoms with van der Waals surface area (Å²) in [5.41, 5.74) is 0. The van der Waals surface area contributed by atoms with Gasteiger partial charge in [0, 0.05) is 24.7 Å². The molecule has 0 radical (unpaired) electrons. The standard InChI is InChI=1S/C12H23N3OS.2ClH/c1-10-2-5-15(6-3-10)7-4-13-12(16)11-8-17-9-14-11;;/h10-11,14H,2-9H2,1H3,(H,13,16);2*1H. The van der Waals surface area contributed by atoms with Crippen LogP contribution in [0.1, 0.15) is 19.8 Å². The Morgan fingerprint density at radius 2 is 2.05 bits per heavy atom. The Bertz CT molecular complexity index is 257. The van der Waals surface area contributed by atoms with E-state index in [4.69, 9.17) is 0 Å². The van der Waals surface area contributed by atoms with E-state index < -0.39 is 0 Å². The Hall–Kier alpha value is 0.320. The second-order valence-electron chi connectivity index (χ2n) is 5.09. The molecule has 0 aliphatic carbocycles. The molecule has 4 nitrogen and oxygen atoms in total. The van der Waals surface area contributed by atoms with Crippen LogP contribution in [0.15, 0.2) is 0 Å². The highest BCUT2D eigenvalue weighted by molar-refractivity contribution is 7.99. The lowest BCUT2D eigenvalue weighted by atomic mass is 9.99. The summed E-state index contributed by atoms with van der Waals surface area (Å²) in [6.45, 7) is 6.49. The third-order valence-electron chi connectivity index (χ3n) is 3.64. The molecule has 0 spiro atoms. The fourth-order valence-electron chi connectivity index (χ4n) is 2.31. The van der Waals surface area contributed by atoms with Gasteiger partial charge in [0.2, 0.25) is 5.91 Å². The van der Waals surface area contributed by atoms with E-state index in [2.05, 4.69) is 22.5 Å². The van der Waals surface area contributed by atoms with Crippen molar-refractivity contribution in [3.63, 3.8) is 0 Å². The molecular formula is C12H25Cl2N3OS. The second kappa shape index (κ2) is 10.1. The van der Waals surface area contributed by atoms with Gasteiger partial charge in [-0.3, -0.25) is 10.1 Å². The van der Waals surface area contributed by atoms with Gasteiger partial charge in [0.25, 0.3) is 0 Å². The zero-order chi connectivity index (χ0) is 12.1. The number of piperidine rings is 1. The Labute approximate surface area is 132 Å². The summed E-state index contributed by atoms with van der Waals surface area (Å²) >= 11 is 1.79. The maximum atomic E-state index is 11.7. The van der Waals surface area contributed by atoms with Crippen molar-refractivity contribution >= 4 is 42.5 Å². The Morgan fingerprint density at radius 1 is 1.37 bits per heavy atom. The molecule has 1 unspecified atom stereocenters. The summed E-state index contributed by atoms with van der Waals surface area (Å²) in [6, 6.07) is 0.0291. The number of carbonyl (C=O) groups is 1. The SMILES string of the molecule is CC1CCN(CCNC(=O)C2CSCN2)CC1.Cl.Cl. The topological polar surface area (TPSA) is 44.4 Å². The van der Waals surface area contributed by atoms with Gasteiger partial charge in [-0.05, 0) is 31.8 Å². The number of hydrogen-bond donors (Lipinski definition) is 2. The summed E-state index contributed by atoms with van der Waals surface area (Å²) < 4.78 is 0. The minimum atomic E-state index is 0. The van der Waals surface area contributed by atoms with Crippen molar-refractivity contribution in [2.24, 2.45) is 5.92 Å². The molecule has 2 aliphatic heterocycles. The van der Waals surface area contributed by atoms with Crippen molar-refractivity contribution in [3.05, 3.63) is 0 Å². The summed E-state index contributed by atoms with van der Waals surface area (Å²) in [4.78, 5) is 14.2. The molecule has 0 aromatic rings. The van der Waals surface area contributed by atoms with Crippen LogP contribution in [0.25, 0.3) is 0 Å². The number of halogens is 2. The zero-order valence-corrected chi connectivity index (χ0v) is 13.8. The van der Waals surface area contributed by atoms with Crippen LogP contribution < -0.4 is 10.6 Å². The third kappa shape index (κ3) is 6.54. The maximum absolute atomic E-state index is 11.7. The first kappa shape index (κ1) is 19.3. The number of nitrogens with zero attached hydrogens (tertiary/aromatic N) is 1. The lowest BCUT2D eigenvalue weighted by Crippen LogP contribution is -2.45. The van der Waals surface area contributed by atoms with Crippen LogP contribution in [0.4, 0.5) is 0 Å². The van der Waals surface area contributed by atoms with Crippen LogP contribution in [-0.4, -0.2) is 54.7 Å². The molecule has 2 rings (SSSR count). The molecule has 7 heteroatoms. The van der Waals surface area contributed by atoms with E-state index in [1.807, 2.05) is 0 Å². The van der Waals surface area contributed by atoms with Gasteiger partial charge in [-0.1, -0.05) is 6.92 Å². The van der Waals surface area contributed by atoms with Gasteiger partial charge in [0.05, 0.1) is 6.04 Å². The number of amides is 1. The van der Waals surface area contributed by atoms with Crippen molar-refractivity contribution in [1.29, 1.82) is 0 Å². The molecule has 2 aliphatic rings. The quantitative estimate of drug-likeness (QED) is 0.817. The molecule has 2 N–H and O–H groups in total. The van der Waals surface area contributed by atoms with Gasteiger partial charge in [-0.2, -0.15) is 0 Å². The van der Waals surface area contributed by atoms with Crippen molar-refractivity contribution in [2.75, 3.05) is 37.8 Å². The number of carbonyl (C=O) groups excluding carboxylic acids is 1. The lowest BCUT2D eigenvalue weighted by molar-refractivity contribution is -0.122. The first-order chi connectivity index (χ1) is 8.25. The van der Waals surface area contributed by atoms with Crippen molar-refractivity contribution in [2.45, 2.75) is 25.8 Å². The lowest BCUT2D eigenvalue weighted by Gasteiger charge is -2.30. The molecule has 1 atom stereocenters. The smallest absolute Gasteiger partial charge is 0.238 e. The van der Waals surface area contributed by atoms with Crippen LogP contribution in [0.3, 0.4) is 0 Å². The number of rotatable bonds is 4. The van der Waals surface area contributed by atoms with E-state index in [0.29, 0.717) is 0 Å². The van der Waals surface area contributed by atoms with E-state index >= 15 is 0 Å². The normalized spacial score (nSPS) is 24.4. The summed E-state index contributed by atoms with van der Waals surface area (Å²) in [5, 5.41) is 6.21. The molecule has 0 saturated carbocycles. The average Bonchev–Trinajstić information content (AvgIpc) is 2.85. The van der Waals surface area contributed by atoms with E-state index in [-0.39, 0.29) is 36.8 Å². The first-order valence-corrected chi connectivity index (χ1v) is 7.72. The number of thioether (sulfide) groups is 1. The van der Waals surface area contributed by atoms with Gasteiger partial charge >= 0.3 is 0 Å². The molecule has 2 saturated heterocycles. The Morgan fingerprint density at radius 3 is 2.63 bits per heavy atom. The summed E-state index contributed by atoms with van der Waals surface area (Å²) in [5.74, 6) is 2.86. The highest BCUT2D eigenvalue weighted by atomic mass is 35.5. The summed E-state index contributed by atoms with van der Waals surface area (Å²) in [7, 11) is 0. The predicted octanol–water partition coefficient (Wildman–Crippen LogP) is 1.34. The van der Waals surface area contributed by atoms with Gasteiger partial charge in [-0.25, -0.2) is 0 Å². The molecule has 0 bridgehead atoms. The van der Waals surface area contributed by atoms with Crippen molar-refractivity contribution < 1.29 is 4.79 Å². The van der Waals surface area contributed by atoms with Gasteiger partial charge < -0.3 is 10.2 Å². The minimum absolute atomic E-state index is 0. The number of hydrogen-bond acceptors (Lipinski definition) is 4. The maximum Gasteiger partial charge on any atom is 0.238 e. The largest absolute Gasteiger partial charge is 0.353 e. The minimum Gasteiger partial charge on any atom is -0.353 e. The number of likely N-dealkylation sites (tertiary alicyclic amines) is 1. The highest BCUT2D eigenvalue weighted by Gasteiger charge is 2.22. The van der Waals surface area contributed by atoms with E-state index in [1.54, 1.807) is 11.8 Å². The first-order valence-electron chi connectivity index (χ1n) is 6.57. The molecular weight excluding hydrogens is 305 g/mol. The van der Waals surface area contributed by atoms with E-state index in [0.717, 1.165) is 30.6 Å². The number of nitrogens with one attached hydrogen (secondary N) is 2. The van der Waals surface area contributed by atoms with E-state index in [1.165, 1.54) is 25.9 Å². The Kier molecular flexibility index (Phi) is 10.3. The Balaban J connectivity index is 0.00000162. The summed E-state index contributed by atoms with van der Waals surface area (Å²) in [6.07, 6.45) is 2.60. The fourth-order valence-corrected chi connectivity index (χ4v) is 3.25. The highest BCUT2D eigenvalue weighted by Crippen LogP contribution is 2.15. The van der Waals surface area contributed by atoms with Crippen LogP contribution in [-0.2, 0) is 4.79 Å². The molecule has 19 heavy (non-hydrogen) atoms. The van der Waals surface area contributed by atoms with E-state index in [9.17, 15) is 4.79 Å². The molecule has 2 fully saturated rings. The molecule has 0 aromatic carbocycles. The van der Waals surface area contributed by atoms with Gasteiger partial charge in [0.15, 0.2) is 0 Å². The van der Waals surface area contributed by atoms with Crippen molar-refractivity contribution in [3.8, 4) is 0 Å². The van der Waals surface area contributed by atoms with Crippen LogP contribution in [0.5, 0.6) is 0 Å². The predicted molar refractivity (Wildman–Crippen MR) is 86.6 cm³/mol. The van der Waals surface area contributed by atoms with Gasteiger partial charge in [-0.15, -0.1) is 36.6 Å². The molecule has 1 amide bonds.